The Morgan fingerprint density at radius 3 is 2.53 bits per heavy atom. The zero-order chi connectivity index (χ0) is 26.4. The van der Waals surface area contributed by atoms with Crippen LogP contribution in [0.25, 0.3) is 11.8 Å². The van der Waals surface area contributed by atoms with Crippen molar-refractivity contribution in [3.63, 3.8) is 0 Å². The molecule has 1 radical (unpaired) electrons. The fourth-order valence-electron chi connectivity index (χ4n) is 4.12. The normalized spacial score (nSPS) is 15.8. The molecule has 11 heteroatoms. The molecule has 3 aromatic rings. The van der Waals surface area contributed by atoms with E-state index >= 15 is 0 Å². The molecule has 36 heavy (non-hydrogen) atoms. The van der Waals surface area contributed by atoms with E-state index in [0.29, 0.717) is 16.9 Å². The van der Waals surface area contributed by atoms with Crippen molar-refractivity contribution in [3.8, 4) is 0 Å². The summed E-state index contributed by atoms with van der Waals surface area (Å²) >= 11 is 6.39. The zero-order valence-electron chi connectivity index (χ0n) is 20.9. The van der Waals surface area contributed by atoms with E-state index in [1.54, 1.807) is 29.0 Å². The molecule has 4 rings (SSSR count). The van der Waals surface area contributed by atoms with Gasteiger partial charge in [0.25, 0.3) is 0 Å². The first kappa shape index (κ1) is 26.2. The fourth-order valence-corrected chi connectivity index (χ4v) is 5.37. The third kappa shape index (κ3) is 5.02. The van der Waals surface area contributed by atoms with Crippen molar-refractivity contribution in [2.24, 2.45) is 0 Å². The third-order valence-corrected chi connectivity index (χ3v) is 7.94. The molecule has 1 aromatic heterocycles. The van der Waals surface area contributed by atoms with Crippen LogP contribution < -0.4 is 25.2 Å². The van der Waals surface area contributed by atoms with Crippen molar-refractivity contribution in [1.82, 2.24) is 9.78 Å². The van der Waals surface area contributed by atoms with Gasteiger partial charge in [0, 0.05) is 0 Å². The number of hydroxylamine groups is 1. The van der Waals surface area contributed by atoms with E-state index in [1.165, 1.54) is 10.4 Å². The number of carbonyl (C=O) groups is 1. The maximum absolute atomic E-state index is 14.8. The first-order chi connectivity index (χ1) is 16.9. The van der Waals surface area contributed by atoms with E-state index in [2.05, 4.69) is 21.4 Å². The average Bonchev–Trinajstić information content (AvgIpc) is 3.18. The van der Waals surface area contributed by atoms with E-state index in [-0.39, 0.29) is 37.2 Å². The van der Waals surface area contributed by atoms with Gasteiger partial charge in [-0.2, -0.15) is 5.10 Å². The van der Waals surface area contributed by atoms with Crippen LogP contribution in [0.1, 0.15) is 37.6 Å². The Morgan fingerprint density at radius 1 is 1.19 bits per heavy atom. The van der Waals surface area contributed by atoms with Crippen LogP contribution in [0.2, 0.25) is 10.7 Å². The van der Waals surface area contributed by atoms with Gasteiger partial charge in [-0.25, -0.2) is 0 Å². The minimum absolute atomic E-state index is 0.0246. The topological polar surface area (TPSA) is 89.7 Å². The Morgan fingerprint density at radius 2 is 1.89 bits per heavy atom. The Balaban J connectivity index is 1.63. The van der Waals surface area contributed by atoms with Crippen LogP contribution in [0, 0.1) is 17.9 Å². The van der Waals surface area contributed by atoms with Gasteiger partial charge in [0.2, 0.25) is 0 Å². The zero-order valence-corrected chi connectivity index (χ0v) is 23.5. The number of halogens is 2. The van der Waals surface area contributed by atoms with E-state index in [0.717, 1.165) is 23.0 Å². The molecule has 1 aliphatic heterocycles. The molecule has 8 nitrogen and oxygen atoms in total. The first-order valence-electron chi connectivity index (χ1n) is 11.3. The number of amides is 2. The number of fused-ring (bicyclic) bond motifs is 1. The molecule has 0 saturated carbocycles. The fraction of sp³-hybridized carbons (Fsp3) is 0.280. The summed E-state index contributed by atoms with van der Waals surface area (Å²) in [6, 6.07) is 7.88. The summed E-state index contributed by atoms with van der Waals surface area (Å²) in [7, 11) is 1.70. The number of anilines is 3. The minimum atomic E-state index is -0.713. The number of quaternary nitrogens is 1. The summed E-state index contributed by atoms with van der Waals surface area (Å²) in [6.45, 7) is 7.85. The number of carbonyl (C=O) groups excluding carboxylic acids is 1. The predicted molar refractivity (Wildman–Crippen MR) is 144 cm³/mol. The number of nitrogens with one attached hydrogen (secondary N) is 3. The van der Waals surface area contributed by atoms with Gasteiger partial charge >= 0.3 is 161 Å². The molecule has 1 atom stereocenters. The van der Waals surface area contributed by atoms with Crippen molar-refractivity contribution < 1.29 is 14.4 Å². The van der Waals surface area contributed by atoms with E-state index < -0.39 is 11.8 Å². The van der Waals surface area contributed by atoms with Gasteiger partial charge in [-0.15, -0.1) is 0 Å². The summed E-state index contributed by atoms with van der Waals surface area (Å²) in [4.78, 5) is 12.7. The second-order valence-electron chi connectivity index (χ2n) is 9.51. The number of urea groups is 1. The summed E-state index contributed by atoms with van der Waals surface area (Å²) < 4.78 is 17.8. The van der Waals surface area contributed by atoms with Gasteiger partial charge in [-0.05, 0) is 27.7 Å². The molecular formula is C25H28AsClFN6O2. The Hall–Kier alpha value is -2.84. The molecule has 3 N–H and O–H groups in total. The number of benzene rings is 2. The molecule has 189 valence electrons. The molecular weight excluding hydrogens is 546 g/mol. The quantitative estimate of drug-likeness (QED) is 0.325. The van der Waals surface area contributed by atoms with Crippen molar-refractivity contribution in [2.45, 2.75) is 38.9 Å². The van der Waals surface area contributed by atoms with Gasteiger partial charge in [0.1, 0.15) is 0 Å². The van der Waals surface area contributed by atoms with Gasteiger partial charge in [0.15, 0.2) is 0 Å². The van der Waals surface area contributed by atoms with Crippen molar-refractivity contribution in [2.75, 3.05) is 22.7 Å². The van der Waals surface area contributed by atoms with E-state index in [9.17, 15) is 14.4 Å². The van der Waals surface area contributed by atoms with Crippen molar-refractivity contribution in [1.29, 1.82) is 0 Å². The molecule has 2 heterocycles. The number of aromatic nitrogens is 2. The number of hydrogen-bond acceptors (Lipinski definition) is 4. The van der Waals surface area contributed by atoms with Crippen LogP contribution in [0.3, 0.4) is 0 Å². The molecule has 0 fully saturated rings. The summed E-state index contributed by atoms with van der Waals surface area (Å²) in [5.41, 5.74) is 5.40. The number of hydrogen-bond donors (Lipinski definition) is 3. The Kier molecular flexibility index (Phi) is 7.21. The summed E-state index contributed by atoms with van der Waals surface area (Å²) in [5.74, 6) is -0.713. The van der Waals surface area contributed by atoms with Gasteiger partial charge in [0.05, 0.1) is 23.1 Å². The summed E-state index contributed by atoms with van der Waals surface area (Å²) in [5, 5.41) is 24.2. The average molecular weight is 574 g/mol. The molecule has 0 spiro atoms. The Labute approximate surface area is 221 Å². The van der Waals surface area contributed by atoms with Gasteiger partial charge in [-0.3, -0.25) is 4.68 Å². The van der Waals surface area contributed by atoms with Crippen LogP contribution in [0.15, 0.2) is 36.5 Å². The molecule has 0 saturated heterocycles. The SMILES string of the molecule is C[As]c1ccc2c(c1)N(C)[NH+]([O-])C(c1cc(NC(=O)Nc3cnn(C(C)(C)C)c3C)c(F)cc1Cl)=C2. The first-order valence-corrected chi connectivity index (χ1v) is 14.5. The number of rotatable bonds is 4. The molecule has 1 aliphatic rings. The van der Waals surface area contributed by atoms with E-state index in [4.69, 9.17) is 11.6 Å². The van der Waals surface area contributed by atoms with Gasteiger partial charge in [-0.1, -0.05) is 0 Å². The third-order valence-electron chi connectivity index (χ3n) is 5.96. The molecule has 1 unspecified atom stereocenters. The van der Waals surface area contributed by atoms with Gasteiger partial charge < -0.3 is 0 Å². The number of nitrogens with zero attached hydrogens (tertiary/aromatic N) is 3. The van der Waals surface area contributed by atoms with Crippen LogP contribution in [-0.4, -0.2) is 38.6 Å². The molecule has 2 amide bonds. The maximum atomic E-state index is 14.8. The summed E-state index contributed by atoms with van der Waals surface area (Å²) in [6.07, 6.45) is 3.30. The standard InChI is InChI=1S/C25H28AsClFN6O2/c1-14-21(13-29-33(14)25(2,3)4)31-24(35)30-20-11-17(18(27)12-19(20)28)23-9-15-7-8-16(26-5)10-22(15)32(6)34(23)36/h7-13,34H,1-6H3,(H2,30,31,35). The monoisotopic (exact) mass is 573 g/mol. The van der Waals surface area contributed by atoms with Crippen LogP contribution in [0.5, 0.6) is 0 Å². The molecule has 0 aliphatic carbocycles. The molecule has 2 aromatic carbocycles. The second-order valence-corrected chi connectivity index (χ2v) is 11.9. The second kappa shape index (κ2) is 9.90. The van der Waals surface area contributed by atoms with Crippen LogP contribution >= 0.6 is 11.6 Å². The Bertz CT molecular complexity index is 1370. The van der Waals surface area contributed by atoms with Crippen molar-refractivity contribution in [3.05, 3.63) is 69.4 Å². The predicted octanol–water partition coefficient (Wildman–Crippen LogP) is 4.01. The van der Waals surface area contributed by atoms with Crippen molar-refractivity contribution >= 4 is 66.6 Å². The van der Waals surface area contributed by atoms with E-state index in [1.807, 2.05) is 45.9 Å². The molecule has 0 bridgehead atoms. The van der Waals surface area contributed by atoms with Crippen LogP contribution in [0.4, 0.5) is 26.2 Å². The van der Waals surface area contributed by atoms with Crippen LogP contribution in [-0.2, 0) is 5.54 Å².